The molecule has 2 unspecified atom stereocenters. The van der Waals surface area contributed by atoms with Gasteiger partial charge < -0.3 is 14.3 Å². The van der Waals surface area contributed by atoms with Crippen LogP contribution in [0.3, 0.4) is 0 Å². The Balaban J connectivity index is 1.35. The van der Waals surface area contributed by atoms with Crippen LogP contribution >= 0.6 is 0 Å². The summed E-state index contributed by atoms with van der Waals surface area (Å²) in [5.41, 5.74) is 0.625. The summed E-state index contributed by atoms with van der Waals surface area (Å²) in [4.78, 5) is 27.7. The third kappa shape index (κ3) is 8.46. The van der Waals surface area contributed by atoms with Gasteiger partial charge in [0.15, 0.2) is 5.69 Å². The lowest BCUT2D eigenvalue weighted by atomic mass is 10.1. The highest BCUT2D eigenvalue weighted by molar-refractivity contribution is 7.90. The van der Waals surface area contributed by atoms with E-state index in [4.69, 9.17) is 14.3 Å². The molecule has 1 aliphatic heterocycles. The maximum atomic E-state index is 13.5. The van der Waals surface area contributed by atoms with Gasteiger partial charge in [0.25, 0.3) is 16.3 Å². The maximum absolute atomic E-state index is 13.5. The van der Waals surface area contributed by atoms with E-state index in [0.717, 1.165) is 28.4 Å². The predicted molar refractivity (Wildman–Crippen MR) is 147 cm³/mol. The Bertz CT molecular complexity index is 1610. The number of carbonyl (C=O) groups excluding carboxylic acids is 2. The van der Waals surface area contributed by atoms with Gasteiger partial charge in [-0.25, -0.2) is 22.6 Å². The Morgan fingerprint density at radius 3 is 2.45 bits per heavy atom. The average Bonchev–Trinajstić information content (AvgIpc) is 3.60. The Hall–Kier alpha value is -4.67. The fourth-order valence-corrected chi connectivity index (χ4v) is 5.12. The first kappa shape index (κ1) is 32.2. The SMILES string of the molecule is CC(=O)OC(C)O/N=N\N1CCC(COC(=O)NS(=O)(=O)c2ccc(-n3nc(C(F)(F)F)cc3-c3ccc(C)cc3)cc2)C1. The zero-order chi connectivity index (χ0) is 32.1. The van der Waals surface area contributed by atoms with E-state index in [9.17, 15) is 31.2 Å². The standard InChI is InChI=1S/C27H29F3N6O7S/c1-17-4-6-21(7-5-17)24-14-25(27(28,29)30)31-36(24)22-8-10-23(11-9-22)44(39,40)32-26(38)41-16-20-12-13-35(15-20)33-34-43-19(3)42-18(2)37/h4-11,14,19-20H,12-13,15-16H2,1-3H3,(H,32,38)/b34-33-. The number of hydrogen-bond acceptors (Lipinski definition) is 10. The number of sulfonamides is 1. The molecule has 1 saturated heterocycles. The Labute approximate surface area is 250 Å². The molecular weight excluding hydrogens is 609 g/mol. The zero-order valence-electron chi connectivity index (χ0n) is 23.8. The topological polar surface area (TPSA) is 154 Å². The van der Waals surface area contributed by atoms with Crippen molar-refractivity contribution in [3.63, 3.8) is 0 Å². The lowest BCUT2D eigenvalue weighted by molar-refractivity contribution is -0.175. The van der Waals surface area contributed by atoms with Crippen molar-refractivity contribution in [1.82, 2.24) is 19.5 Å². The first-order chi connectivity index (χ1) is 20.7. The van der Waals surface area contributed by atoms with Crippen LogP contribution in [0.25, 0.3) is 16.9 Å². The molecule has 13 nitrogen and oxygen atoms in total. The van der Waals surface area contributed by atoms with Gasteiger partial charge >= 0.3 is 18.2 Å². The summed E-state index contributed by atoms with van der Waals surface area (Å²) in [6, 6.07) is 12.6. The minimum absolute atomic E-state index is 0.0976. The number of nitrogens with zero attached hydrogens (tertiary/aromatic N) is 5. The summed E-state index contributed by atoms with van der Waals surface area (Å²) < 4.78 is 78.7. The summed E-state index contributed by atoms with van der Waals surface area (Å²) in [7, 11) is -4.36. The maximum Gasteiger partial charge on any atom is 0.435 e. The quantitative estimate of drug-likeness (QED) is 0.143. The molecule has 1 N–H and O–H groups in total. The number of amides is 1. The van der Waals surface area contributed by atoms with Crippen molar-refractivity contribution < 1.29 is 45.5 Å². The van der Waals surface area contributed by atoms with Crippen LogP contribution in [-0.2, 0) is 35.3 Å². The molecule has 0 saturated carbocycles. The molecule has 2 aromatic carbocycles. The fourth-order valence-electron chi connectivity index (χ4n) is 4.23. The summed E-state index contributed by atoms with van der Waals surface area (Å²) >= 11 is 0. The molecular formula is C27H29F3N6O7S. The second-order valence-corrected chi connectivity index (χ2v) is 11.6. The first-order valence-electron chi connectivity index (χ1n) is 13.2. The van der Waals surface area contributed by atoms with Gasteiger partial charge in [0.1, 0.15) is 0 Å². The second-order valence-electron chi connectivity index (χ2n) is 9.91. The van der Waals surface area contributed by atoms with Gasteiger partial charge in [0.2, 0.25) is 0 Å². The number of alkyl halides is 3. The molecule has 2 heterocycles. The van der Waals surface area contributed by atoms with Gasteiger partial charge in [-0.05, 0) is 48.9 Å². The third-order valence-electron chi connectivity index (χ3n) is 6.36. The lowest BCUT2D eigenvalue weighted by Crippen LogP contribution is -2.32. The van der Waals surface area contributed by atoms with E-state index in [1.165, 1.54) is 26.0 Å². The highest BCUT2D eigenvalue weighted by Crippen LogP contribution is 2.33. The fraction of sp³-hybridized carbons (Fsp3) is 0.370. The van der Waals surface area contributed by atoms with Crippen LogP contribution < -0.4 is 4.72 Å². The number of aryl methyl sites for hydroxylation is 1. The van der Waals surface area contributed by atoms with Crippen molar-refractivity contribution in [3.8, 4) is 16.9 Å². The largest absolute Gasteiger partial charge is 0.448 e. The summed E-state index contributed by atoms with van der Waals surface area (Å²) in [5.74, 6) is -0.695. The molecule has 3 aromatic rings. The number of aromatic nitrogens is 2. The van der Waals surface area contributed by atoms with Crippen LogP contribution in [0.15, 0.2) is 70.0 Å². The Morgan fingerprint density at radius 1 is 1.14 bits per heavy atom. The number of benzene rings is 2. The van der Waals surface area contributed by atoms with Crippen LogP contribution in [0.4, 0.5) is 18.0 Å². The van der Waals surface area contributed by atoms with Crippen molar-refractivity contribution in [2.75, 3.05) is 19.7 Å². The van der Waals surface area contributed by atoms with Crippen molar-refractivity contribution >= 4 is 22.1 Å². The molecule has 1 aliphatic rings. The number of hydrogen-bond donors (Lipinski definition) is 1. The average molecular weight is 639 g/mol. The summed E-state index contributed by atoms with van der Waals surface area (Å²) in [6.45, 7) is 5.27. The molecule has 0 bridgehead atoms. The molecule has 236 valence electrons. The number of rotatable bonds is 10. The van der Waals surface area contributed by atoms with Gasteiger partial charge in [-0.15, -0.1) is 0 Å². The lowest BCUT2D eigenvalue weighted by Gasteiger charge is -2.13. The molecule has 0 aliphatic carbocycles. The molecule has 44 heavy (non-hydrogen) atoms. The molecule has 1 amide bonds. The van der Waals surface area contributed by atoms with Crippen LogP contribution in [-0.4, -0.2) is 61.3 Å². The molecule has 1 fully saturated rings. The minimum Gasteiger partial charge on any atom is -0.448 e. The van der Waals surface area contributed by atoms with Gasteiger partial charge in [-0.1, -0.05) is 29.8 Å². The highest BCUT2D eigenvalue weighted by atomic mass is 32.2. The first-order valence-corrected chi connectivity index (χ1v) is 14.7. The molecule has 1 aromatic heterocycles. The Kier molecular flexibility index (Phi) is 9.76. The number of ether oxygens (including phenoxy) is 2. The minimum atomic E-state index is -4.70. The summed E-state index contributed by atoms with van der Waals surface area (Å²) in [6.07, 6.45) is -6.23. The van der Waals surface area contributed by atoms with Crippen LogP contribution in [0, 0.1) is 12.8 Å². The van der Waals surface area contributed by atoms with Gasteiger partial charge in [-0.2, -0.15) is 18.3 Å². The van der Waals surface area contributed by atoms with E-state index in [1.54, 1.807) is 29.3 Å². The number of carbonyl (C=O) groups is 2. The van der Waals surface area contributed by atoms with E-state index < -0.39 is 40.2 Å². The van der Waals surface area contributed by atoms with Gasteiger partial charge in [0.05, 0.1) is 22.9 Å². The van der Waals surface area contributed by atoms with E-state index >= 15 is 0 Å². The molecule has 2 atom stereocenters. The van der Waals surface area contributed by atoms with Crippen molar-refractivity contribution in [3.05, 3.63) is 65.9 Å². The van der Waals surface area contributed by atoms with Gasteiger partial charge in [-0.3, -0.25) is 9.80 Å². The molecule has 0 spiro atoms. The number of esters is 1. The van der Waals surface area contributed by atoms with Gasteiger partial charge in [0, 0.05) is 43.7 Å². The summed E-state index contributed by atoms with van der Waals surface area (Å²) in [5, 5.41) is 12.6. The second kappa shape index (κ2) is 13.3. The van der Waals surface area contributed by atoms with Crippen LogP contribution in [0.2, 0.25) is 0 Å². The van der Waals surface area contributed by atoms with E-state index in [0.29, 0.717) is 25.1 Å². The van der Waals surface area contributed by atoms with E-state index in [2.05, 4.69) is 15.6 Å². The smallest absolute Gasteiger partial charge is 0.435 e. The van der Waals surface area contributed by atoms with Crippen LogP contribution in [0.1, 0.15) is 31.5 Å². The predicted octanol–water partition coefficient (Wildman–Crippen LogP) is 4.81. The molecule has 0 radical (unpaired) electrons. The number of nitrogens with one attached hydrogen (secondary N) is 1. The zero-order valence-corrected chi connectivity index (χ0v) is 24.6. The van der Waals surface area contributed by atoms with E-state index in [1.807, 2.05) is 11.6 Å². The monoisotopic (exact) mass is 638 g/mol. The highest BCUT2D eigenvalue weighted by Gasteiger charge is 2.35. The number of halogens is 3. The van der Waals surface area contributed by atoms with Crippen molar-refractivity contribution in [2.45, 2.75) is 44.6 Å². The molecule has 17 heteroatoms. The van der Waals surface area contributed by atoms with Crippen LogP contribution in [0.5, 0.6) is 0 Å². The molecule has 4 rings (SSSR count). The van der Waals surface area contributed by atoms with E-state index in [-0.39, 0.29) is 28.8 Å². The Morgan fingerprint density at radius 2 is 1.82 bits per heavy atom. The van der Waals surface area contributed by atoms with Crippen molar-refractivity contribution in [2.24, 2.45) is 16.4 Å². The third-order valence-corrected chi connectivity index (χ3v) is 7.69. The van der Waals surface area contributed by atoms with Crippen molar-refractivity contribution in [1.29, 1.82) is 0 Å². The normalized spacial score (nSPS) is 16.1.